The van der Waals surface area contributed by atoms with Crippen LogP contribution in [0, 0.1) is 0 Å². The van der Waals surface area contributed by atoms with Crippen LogP contribution in [0.5, 0.6) is 0 Å². The van der Waals surface area contributed by atoms with Gasteiger partial charge in [0.1, 0.15) is 6.04 Å². The van der Waals surface area contributed by atoms with Gasteiger partial charge in [-0.25, -0.2) is 4.98 Å². The molecule has 0 radical (unpaired) electrons. The normalized spacial score (nSPS) is 11.8. The summed E-state index contributed by atoms with van der Waals surface area (Å²) in [4.78, 5) is 19.9. The summed E-state index contributed by atoms with van der Waals surface area (Å²) < 4.78 is 0. The van der Waals surface area contributed by atoms with Gasteiger partial charge in [0, 0.05) is 29.9 Å². The lowest BCUT2D eigenvalue weighted by molar-refractivity contribution is -0.118. The van der Waals surface area contributed by atoms with Crippen molar-refractivity contribution in [1.29, 1.82) is 0 Å². The van der Waals surface area contributed by atoms with Crippen LogP contribution in [-0.4, -0.2) is 21.9 Å². The van der Waals surface area contributed by atoms with E-state index in [-0.39, 0.29) is 0 Å². The number of benzene rings is 1. The van der Waals surface area contributed by atoms with Gasteiger partial charge in [0.15, 0.2) is 0 Å². The lowest BCUT2D eigenvalue weighted by atomic mass is 10.1. The lowest BCUT2D eigenvalue weighted by Gasteiger charge is -2.16. The number of anilines is 1. The molecule has 116 valence electrons. The average Bonchev–Trinajstić information content (AvgIpc) is 3.09. The van der Waals surface area contributed by atoms with Crippen molar-refractivity contribution in [3.63, 3.8) is 0 Å². The van der Waals surface area contributed by atoms with Gasteiger partial charge in [-0.2, -0.15) is 0 Å². The van der Waals surface area contributed by atoms with Crippen LogP contribution < -0.4 is 11.1 Å². The van der Waals surface area contributed by atoms with Gasteiger partial charge in [0.25, 0.3) is 0 Å². The van der Waals surface area contributed by atoms with Crippen molar-refractivity contribution < 1.29 is 4.79 Å². The molecule has 2 heterocycles. The Morgan fingerprint density at radius 2 is 1.83 bits per heavy atom. The minimum absolute atomic E-state index is 0.392. The fourth-order valence-corrected chi connectivity index (χ4v) is 2.85. The molecule has 0 bridgehead atoms. The van der Waals surface area contributed by atoms with E-state index >= 15 is 0 Å². The van der Waals surface area contributed by atoms with Gasteiger partial charge in [-0.05, 0) is 35.4 Å². The first-order valence-electron chi connectivity index (χ1n) is 7.16. The number of pyridine rings is 1. The third kappa shape index (κ3) is 3.92. The van der Waals surface area contributed by atoms with Crippen LogP contribution in [0.4, 0.5) is 5.69 Å². The van der Waals surface area contributed by atoms with E-state index in [1.165, 1.54) is 11.3 Å². The summed E-state index contributed by atoms with van der Waals surface area (Å²) >= 11 is 1.50. The standard InChI is InChI=1S/C17H16N4OS/c18-17(22)16(9-15-10-23-11-20-15)21-14-3-1-12(2-4-14)13-5-7-19-8-6-13/h1-8,10-11,16,21H,9H2,(H2,18,22)/t16-/m1/s1. The maximum Gasteiger partial charge on any atom is 0.240 e. The number of rotatable bonds is 6. The lowest BCUT2D eigenvalue weighted by Crippen LogP contribution is -2.37. The molecule has 3 aromatic rings. The van der Waals surface area contributed by atoms with Crippen molar-refractivity contribution in [3.8, 4) is 11.1 Å². The van der Waals surface area contributed by atoms with Gasteiger partial charge in [-0.1, -0.05) is 12.1 Å². The summed E-state index contributed by atoms with van der Waals surface area (Å²) in [5.74, 6) is -0.392. The van der Waals surface area contributed by atoms with Crippen molar-refractivity contribution >= 4 is 22.9 Å². The van der Waals surface area contributed by atoms with E-state index in [1.54, 1.807) is 17.9 Å². The SMILES string of the molecule is NC(=O)[C@@H](Cc1cscn1)Nc1ccc(-c2ccncc2)cc1. The predicted octanol–water partition coefficient (Wildman–Crippen LogP) is 2.71. The van der Waals surface area contributed by atoms with Crippen molar-refractivity contribution in [2.24, 2.45) is 5.73 Å². The molecule has 0 aliphatic rings. The Morgan fingerprint density at radius 1 is 1.13 bits per heavy atom. The highest BCUT2D eigenvalue weighted by molar-refractivity contribution is 7.07. The topological polar surface area (TPSA) is 80.9 Å². The number of primary amides is 1. The zero-order valence-electron chi connectivity index (χ0n) is 12.3. The fraction of sp³-hybridized carbons (Fsp3) is 0.118. The number of amides is 1. The van der Waals surface area contributed by atoms with E-state index in [0.717, 1.165) is 22.5 Å². The first-order valence-corrected chi connectivity index (χ1v) is 8.10. The van der Waals surface area contributed by atoms with E-state index in [4.69, 9.17) is 5.73 Å². The van der Waals surface area contributed by atoms with Crippen LogP contribution in [0.1, 0.15) is 5.69 Å². The highest BCUT2D eigenvalue weighted by Crippen LogP contribution is 2.21. The Hall–Kier alpha value is -2.73. The summed E-state index contributed by atoms with van der Waals surface area (Å²) in [6.07, 6.45) is 4.00. The van der Waals surface area contributed by atoms with Gasteiger partial charge in [-0.15, -0.1) is 11.3 Å². The van der Waals surface area contributed by atoms with Gasteiger partial charge >= 0.3 is 0 Å². The smallest absolute Gasteiger partial charge is 0.240 e. The number of nitrogens with two attached hydrogens (primary N) is 1. The van der Waals surface area contributed by atoms with Crippen molar-refractivity contribution in [3.05, 3.63) is 65.4 Å². The number of aromatic nitrogens is 2. The molecule has 1 amide bonds. The maximum atomic E-state index is 11.6. The molecule has 0 fully saturated rings. The van der Waals surface area contributed by atoms with E-state index in [2.05, 4.69) is 15.3 Å². The van der Waals surface area contributed by atoms with Crippen LogP contribution in [0.15, 0.2) is 59.7 Å². The van der Waals surface area contributed by atoms with Crippen molar-refractivity contribution in [2.75, 3.05) is 5.32 Å². The molecule has 0 aliphatic carbocycles. The molecule has 1 atom stereocenters. The molecule has 3 rings (SSSR count). The number of nitrogens with one attached hydrogen (secondary N) is 1. The average molecular weight is 324 g/mol. The third-order valence-electron chi connectivity index (χ3n) is 3.48. The van der Waals surface area contributed by atoms with Gasteiger partial charge < -0.3 is 11.1 Å². The Balaban J connectivity index is 1.72. The highest BCUT2D eigenvalue weighted by Gasteiger charge is 2.16. The van der Waals surface area contributed by atoms with E-state index in [1.807, 2.05) is 41.8 Å². The van der Waals surface area contributed by atoms with Gasteiger partial charge in [0.2, 0.25) is 5.91 Å². The minimum atomic E-state index is -0.483. The van der Waals surface area contributed by atoms with Crippen LogP contribution >= 0.6 is 11.3 Å². The second kappa shape index (κ2) is 7.02. The summed E-state index contributed by atoms with van der Waals surface area (Å²) in [5.41, 5.74) is 11.1. The zero-order chi connectivity index (χ0) is 16.1. The summed E-state index contributed by atoms with van der Waals surface area (Å²) in [5, 5.41) is 5.09. The van der Waals surface area contributed by atoms with Gasteiger partial charge in [0.05, 0.1) is 11.2 Å². The summed E-state index contributed by atoms with van der Waals surface area (Å²) in [7, 11) is 0. The first-order chi connectivity index (χ1) is 11.2. The molecule has 0 unspecified atom stereocenters. The fourth-order valence-electron chi connectivity index (χ4n) is 2.27. The van der Waals surface area contributed by atoms with Crippen molar-refractivity contribution in [1.82, 2.24) is 9.97 Å². The van der Waals surface area contributed by atoms with Gasteiger partial charge in [-0.3, -0.25) is 9.78 Å². The predicted molar refractivity (Wildman–Crippen MR) is 92.1 cm³/mol. The maximum absolute atomic E-state index is 11.6. The Kier molecular flexibility index (Phi) is 4.63. The molecule has 3 N–H and O–H groups in total. The number of thiazole rings is 1. The zero-order valence-corrected chi connectivity index (χ0v) is 13.2. The molecule has 23 heavy (non-hydrogen) atoms. The van der Waals surface area contributed by atoms with Crippen LogP contribution in [0.3, 0.4) is 0 Å². The highest BCUT2D eigenvalue weighted by atomic mass is 32.1. The number of hydrogen-bond donors (Lipinski definition) is 2. The molecular weight excluding hydrogens is 308 g/mol. The van der Waals surface area contributed by atoms with Crippen molar-refractivity contribution in [2.45, 2.75) is 12.5 Å². The number of carbonyl (C=O) groups is 1. The first kappa shape index (κ1) is 15.2. The summed E-state index contributed by atoms with van der Waals surface area (Å²) in [6.45, 7) is 0. The third-order valence-corrected chi connectivity index (χ3v) is 4.11. The molecule has 5 nitrogen and oxygen atoms in total. The van der Waals surface area contributed by atoms with Crippen LogP contribution in [-0.2, 0) is 11.2 Å². The number of hydrogen-bond acceptors (Lipinski definition) is 5. The Bertz CT molecular complexity index is 757. The second-order valence-electron chi connectivity index (χ2n) is 5.10. The minimum Gasteiger partial charge on any atom is -0.373 e. The van der Waals surface area contributed by atoms with E-state index in [9.17, 15) is 4.79 Å². The number of carbonyl (C=O) groups excluding carboxylic acids is 1. The number of nitrogens with zero attached hydrogens (tertiary/aromatic N) is 2. The molecule has 0 spiro atoms. The molecule has 6 heteroatoms. The molecule has 0 aliphatic heterocycles. The monoisotopic (exact) mass is 324 g/mol. The largest absolute Gasteiger partial charge is 0.373 e. The Morgan fingerprint density at radius 3 is 2.43 bits per heavy atom. The van der Waals surface area contributed by atoms with Crippen LogP contribution in [0.2, 0.25) is 0 Å². The molecule has 2 aromatic heterocycles. The Labute approximate surface area is 138 Å². The quantitative estimate of drug-likeness (QED) is 0.730. The molecule has 0 saturated carbocycles. The molecular formula is C17H16N4OS. The van der Waals surface area contributed by atoms with Crippen LogP contribution in [0.25, 0.3) is 11.1 Å². The summed E-state index contributed by atoms with van der Waals surface area (Å²) in [6, 6.07) is 11.3. The van der Waals surface area contributed by atoms with E-state index in [0.29, 0.717) is 6.42 Å². The second-order valence-corrected chi connectivity index (χ2v) is 5.82. The molecule has 1 aromatic carbocycles. The molecule has 0 saturated heterocycles. The van der Waals surface area contributed by atoms with E-state index < -0.39 is 11.9 Å².